The molecule has 2 aromatic heterocycles. The van der Waals surface area contributed by atoms with Gasteiger partial charge in [0, 0.05) is 37.4 Å². The molecule has 3 aromatic rings. The SMILES string of the molecule is Cc1ccc(C)n1CCC(=O)NCCn1c(CO)nc2ccccc21. The van der Waals surface area contributed by atoms with E-state index in [0.717, 1.165) is 11.0 Å². The van der Waals surface area contributed by atoms with E-state index in [2.05, 4.69) is 27.0 Å². The number of para-hydroxylation sites is 2. The Balaban J connectivity index is 1.55. The van der Waals surface area contributed by atoms with E-state index in [1.807, 2.05) is 42.7 Å². The summed E-state index contributed by atoms with van der Waals surface area (Å²) < 4.78 is 4.10. The molecule has 0 aliphatic carbocycles. The summed E-state index contributed by atoms with van der Waals surface area (Å²) in [5.74, 6) is 0.650. The summed E-state index contributed by atoms with van der Waals surface area (Å²) in [6.45, 7) is 5.76. The molecule has 2 N–H and O–H groups in total. The van der Waals surface area contributed by atoms with Gasteiger partial charge in [0.2, 0.25) is 5.91 Å². The van der Waals surface area contributed by atoms with Crippen LogP contribution in [0.2, 0.25) is 0 Å². The third-order valence-electron chi connectivity index (χ3n) is 4.51. The van der Waals surface area contributed by atoms with Crippen LogP contribution in [-0.2, 0) is 24.5 Å². The fraction of sp³-hybridized carbons (Fsp3) is 0.368. The molecule has 6 heteroatoms. The van der Waals surface area contributed by atoms with Gasteiger partial charge in [-0.05, 0) is 38.1 Å². The molecule has 0 aliphatic heterocycles. The lowest BCUT2D eigenvalue weighted by atomic mass is 10.3. The lowest BCUT2D eigenvalue weighted by Gasteiger charge is -2.11. The second kappa shape index (κ2) is 7.53. The smallest absolute Gasteiger partial charge is 0.221 e. The van der Waals surface area contributed by atoms with Crippen LogP contribution in [0.25, 0.3) is 11.0 Å². The van der Waals surface area contributed by atoms with E-state index in [-0.39, 0.29) is 12.5 Å². The molecule has 0 saturated carbocycles. The largest absolute Gasteiger partial charge is 0.388 e. The number of aromatic nitrogens is 3. The Morgan fingerprint density at radius 1 is 1.08 bits per heavy atom. The third kappa shape index (κ3) is 3.74. The van der Waals surface area contributed by atoms with E-state index in [9.17, 15) is 9.90 Å². The van der Waals surface area contributed by atoms with Crippen LogP contribution in [0, 0.1) is 13.8 Å². The van der Waals surface area contributed by atoms with Gasteiger partial charge in [0.05, 0.1) is 11.0 Å². The maximum Gasteiger partial charge on any atom is 0.221 e. The lowest BCUT2D eigenvalue weighted by molar-refractivity contribution is -0.121. The molecular formula is C19H24N4O2. The standard InChI is InChI=1S/C19H24N4O2/c1-14-7-8-15(2)22(14)11-9-19(25)20-10-12-23-17-6-4-3-5-16(17)21-18(23)13-24/h3-8,24H,9-13H2,1-2H3,(H,20,25). The first-order chi connectivity index (χ1) is 12.1. The summed E-state index contributed by atoms with van der Waals surface area (Å²) in [7, 11) is 0. The van der Waals surface area contributed by atoms with Crippen LogP contribution in [0.4, 0.5) is 0 Å². The molecule has 0 aliphatic rings. The molecule has 0 fully saturated rings. The quantitative estimate of drug-likeness (QED) is 0.692. The van der Waals surface area contributed by atoms with Crippen LogP contribution < -0.4 is 5.32 Å². The molecular weight excluding hydrogens is 316 g/mol. The van der Waals surface area contributed by atoms with Crippen molar-refractivity contribution < 1.29 is 9.90 Å². The van der Waals surface area contributed by atoms with Crippen LogP contribution in [0.1, 0.15) is 23.6 Å². The number of nitrogens with zero attached hydrogens (tertiary/aromatic N) is 3. The molecule has 0 unspecified atom stereocenters. The number of aryl methyl sites for hydroxylation is 2. The number of nitrogens with one attached hydrogen (secondary N) is 1. The van der Waals surface area contributed by atoms with Crippen molar-refractivity contribution in [2.75, 3.05) is 6.54 Å². The summed E-state index contributed by atoms with van der Waals surface area (Å²) >= 11 is 0. The number of amides is 1. The van der Waals surface area contributed by atoms with Crippen LogP contribution in [0.3, 0.4) is 0 Å². The van der Waals surface area contributed by atoms with Gasteiger partial charge in [-0.3, -0.25) is 4.79 Å². The number of hydrogen-bond acceptors (Lipinski definition) is 3. The second-order valence-corrected chi connectivity index (χ2v) is 6.19. The Bertz CT molecular complexity index is 859. The summed E-state index contributed by atoms with van der Waals surface area (Å²) in [6.07, 6.45) is 0.452. The summed E-state index contributed by atoms with van der Waals surface area (Å²) in [5, 5.41) is 12.5. The molecule has 1 aromatic carbocycles. The molecule has 6 nitrogen and oxygen atoms in total. The van der Waals surface area contributed by atoms with Crippen molar-refractivity contribution in [2.45, 2.75) is 40.0 Å². The van der Waals surface area contributed by atoms with Gasteiger partial charge in [0.25, 0.3) is 0 Å². The monoisotopic (exact) mass is 340 g/mol. The molecule has 0 spiro atoms. The molecule has 25 heavy (non-hydrogen) atoms. The first-order valence-electron chi connectivity index (χ1n) is 8.54. The van der Waals surface area contributed by atoms with E-state index in [4.69, 9.17) is 0 Å². The van der Waals surface area contributed by atoms with Crippen molar-refractivity contribution in [1.82, 2.24) is 19.4 Å². The fourth-order valence-corrected chi connectivity index (χ4v) is 3.16. The molecule has 0 saturated heterocycles. The maximum absolute atomic E-state index is 12.1. The van der Waals surface area contributed by atoms with E-state index in [1.54, 1.807) is 0 Å². The highest BCUT2D eigenvalue weighted by atomic mass is 16.3. The van der Waals surface area contributed by atoms with E-state index in [1.165, 1.54) is 11.4 Å². The van der Waals surface area contributed by atoms with Crippen molar-refractivity contribution in [3.63, 3.8) is 0 Å². The van der Waals surface area contributed by atoms with Crippen LogP contribution >= 0.6 is 0 Å². The molecule has 2 heterocycles. The third-order valence-corrected chi connectivity index (χ3v) is 4.51. The van der Waals surface area contributed by atoms with E-state index < -0.39 is 0 Å². The van der Waals surface area contributed by atoms with Gasteiger partial charge in [-0.2, -0.15) is 0 Å². The molecule has 0 bridgehead atoms. The van der Waals surface area contributed by atoms with Crippen molar-refractivity contribution in [1.29, 1.82) is 0 Å². The average Bonchev–Trinajstić information content (AvgIpc) is 3.13. The minimum atomic E-state index is -0.116. The van der Waals surface area contributed by atoms with Gasteiger partial charge >= 0.3 is 0 Å². The van der Waals surface area contributed by atoms with Gasteiger partial charge < -0.3 is 19.6 Å². The zero-order valence-corrected chi connectivity index (χ0v) is 14.7. The predicted octanol–water partition coefficient (Wildman–Crippen LogP) is 2.15. The Kier molecular flexibility index (Phi) is 5.19. The number of carbonyl (C=O) groups excluding carboxylic acids is 1. The van der Waals surface area contributed by atoms with E-state index in [0.29, 0.717) is 31.9 Å². The highest BCUT2D eigenvalue weighted by Gasteiger charge is 2.10. The van der Waals surface area contributed by atoms with E-state index >= 15 is 0 Å². The zero-order valence-electron chi connectivity index (χ0n) is 14.7. The minimum Gasteiger partial charge on any atom is -0.388 e. The Morgan fingerprint density at radius 2 is 1.80 bits per heavy atom. The highest BCUT2D eigenvalue weighted by Crippen LogP contribution is 2.15. The maximum atomic E-state index is 12.1. The summed E-state index contributed by atoms with van der Waals surface area (Å²) in [5.41, 5.74) is 4.17. The topological polar surface area (TPSA) is 72.1 Å². The van der Waals surface area contributed by atoms with Crippen molar-refractivity contribution >= 4 is 16.9 Å². The van der Waals surface area contributed by atoms with Gasteiger partial charge in [-0.1, -0.05) is 12.1 Å². The number of hydrogen-bond donors (Lipinski definition) is 2. The number of benzene rings is 1. The minimum absolute atomic E-state index is 0.0301. The molecule has 132 valence electrons. The Morgan fingerprint density at radius 3 is 2.52 bits per heavy atom. The molecule has 1 amide bonds. The predicted molar refractivity (Wildman–Crippen MR) is 97.2 cm³/mol. The van der Waals surface area contributed by atoms with Crippen molar-refractivity contribution in [2.24, 2.45) is 0 Å². The average molecular weight is 340 g/mol. The summed E-state index contributed by atoms with van der Waals surface area (Å²) in [6, 6.07) is 11.9. The Labute approximate surface area is 147 Å². The summed E-state index contributed by atoms with van der Waals surface area (Å²) in [4.78, 5) is 16.5. The second-order valence-electron chi connectivity index (χ2n) is 6.19. The van der Waals surface area contributed by atoms with Crippen LogP contribution in [-0.4, -0.2) is 31.7 Å². The number of imidazole rings is 1. The highest BCUT2D eigenvalue weighted by molar-refractivity contribution is 5.76. The van der Waals surface area contributed by atoms with Gasteiger partial charge in [-0.25, -0.2) is 4.98 Å². The fourth-order valence-electron chi connectivity index (χ4n) is 3.16. The molecule has 3 rings (SSSR count). The van der Waals surface area contributed by atoms with Crippen molar-refractivity contribution in [3.8, 4) is 0 Å². The number of aliphatic hydroxyl groups is 1. The van der Waals surface area contributed by atoms with Crippen LogP contribution in [0.15, 0.2) is 36.4 Å². The van der Waals surface area contributed by atoms with Crippen molar-refractivity contribution in [3.05, 3.63) is 53.6 Å². The lowest BCUT2D eigenvalue weighted by Crippen LogP contribution is -2.28. The first-order valence-corrected chi connectivity index (χ1v) is 8.54. The number of fused-ring (bicyclic) bond motifs is 1. The normalized spacial score (nSPS) is 11.2. The first kappa shape index (κ1) is 17.2. The zero-order chi connectivity index (χ0) is 17.8. The van der Waals surface area contributed by atoms with Gasteiger partial charge in [0.15, 0.2) is 0 Å². The molecule has 0 atom stereocenters. The molecule has 0 radical (unpaired) electrons. The Hall–Kier alpha value is -2.60. The number of aliphatic hydroxyl groups excluding tert-OH is 1. The van der Waals surface area contributed by atoms with Gasteiger partial charge in [0.1, 0.15) is 12.4 Å². The number of rotatable bonds is 7. The van der Waals surface area contributed by atoms with Gasteiger partial charge in [-0.15, -0.1) is 0 Å². The van der Waals surface area contributed by atoms with Crippen LogP contribution in [0.5, 0.6) is 0 Å². The number of carbonyl (C=O) groups is 1.